The summed E-state index contributed by atoms with van der Waals surface area (Å²) in [7, 11) is 0. The minimum atomic E-state index is 0.280. The highest BCUT2D eigenvalue weighted by Gasteiger charge is 2.23. The SMILES string of the molecule is CCCC(C)(CNCC)Cc1ccc(Cl)c(Cl)c1. The molecule has 0 aliphatic rings. The summed E-state index contributed by atoms with van der Waals surface area (Å²) in [6.07, 6.45) is 3.44. The van der Waals surface area contributed by atoms with Crippen molar-refractivity contribution in [3.8, 4) is 0 Å². The second-order valence-electron chi connectivity index (χ2n) is 5.27. The average molecular weight is 288 g/mol. The predicted octanol–water partition coefficient (Wildman–Crippen LogP) is 4.95. The summed E-state index contributed by atoms with van der Waals surface area (Å²) in [5.41, 5.74) is 1.54. The Morgan fingerprint density at radius 2 is 1.89 bits per heavy atom. The zero-order chi connectivity index (χ0) is 13.6. The Hall–Kier alpha value is -0.240. The highest BCUT2D eigenvalue weighted by molar-refractivity contribution is 6.42. The predicted molar refractivity (Wildman–Crippen MR) is 81.7 cm³/mol. The molecule has 1 aromatic rings. The molecule has 0 heterocycles. The van der Waals surface area contributed by atoms with Gasteiger partial charge in [-0.25, -0.2) is 0 Å². The lowest BCUT2D eigenvalue weighted by Gasteiger charge is -2.30. The first-order valence-electron chi connectivity index (χ1n) is 6.65. The minimum absolute atomic E-state index is 0.280. The molecule has 0 radical (unpaired) electrons. The largest absolute Gasteiger partial charge is 0.316 e. The molecule has 1 rings (SSSR count). The lowest BCUT2D eigenvalue weighted by atomic mass is 9.79. The number of nitrogens with one attached hydrogen (secondary N) is 1. The summed E-state index contributed by atoms with van der Waals surface area (Å²) >= 11 is 12.0. The normalized spacial score (nSPS) is 14.5. The van der Waals surface area contributed by atoms with Gasteiger partial charge in [0.15, 0.2) is 0 Å². The smallest absolute Gasteiger partial charge is 0.0595 e. The topological polar surface area (TPSA) is 12.0 Å². The number of halogens is 2. The standard InChI is InChI=1S/C15H23Cl2N/c1-4-8-15(3,11-18-5-2)10-12-6-7-13(16)14(17)9-12/h6-7,9,18H,4-5,8,10-11H2,1-3H3. The maximum Gasteiger partial charge on any atom is 0.0595 e. The molecule has 1 nitrogen and oxygen atoms in total. The van der Waals surface area contributed by atoms with Crippen LogP contribution in [0.1, 0.15) is 39.2 Å². The first-order chi connectivity index (χ1) is 8.50. The lowest BCUT2D eigenvalue weighted by molar-refractivity contribution is 0.277. The maximum atomic E-state index is 6.08. The van der Waals surface area contributed by atoms with Gasteiger partial charge in [0.2, 0.25) is 0 Å². The molecule has 1 N–H and O–H groups in total. The van der Waals surface area contributed by atoms with Crippen LogP contribution in [0.2, 0.25) is 10.0 Å². The summed E-state index contributed by atoms with van der Waals surface area (Å²) in [4.78, 5) is 0. The average Bonchev–Trinajstić information content (AvgIpc) is 2.32. The van der Waals surface area contributed by atoms with Crippen LogP contribution >= 0.6 is 23.2 Å². The second kappa shape index (κ2) is 7.37. The van der Waals surface area contributed by atoms with Gasteiger partial charge in [0.1, 0.15) is 0 Å². The zero-order valence-electron chi connectivity index (χ0n) is 11.5. The third kappa shape index (κ3) is 4.79. The van der Waals surface area contributed by atoms with Crippen molar-refractivity contribution < 1.29 is 0 Å². The highest BCUT2D eigenvalue weighted by Crippen LogP contribution is 2.30. The molecule has 102 valence electrons. The van der Waals surface area contributed by atoms with Crippen LogP contribution in [0, 0.1) is 5.41 Å². The number of hydrogen-bond acceptors (Lipinski definition) is 1. The van der Waals surface area contributed by atoms with Gasteiger partial charge in [-0.15, -0.1) is 0 Å². The van der Waals surface area contributed by atoms with Crippen LogP contribution in [0.25, 0.3) is 0 Å². The molecule has 18 heavy (non-hydrogen) atoms. The van der Waals surface area contributed by atoms with Crippen LogP contribution in [0.3, 0.4) is 0 Å². The third-order valence-corrected chi connectivity index (χ3v) is 4.01. The van der Waals surface area contributed by atoms with Crippen molar-refractivity contribution >= 4 is 23.2 Å². The molecule has 1 atom stereocenters. The molecule has 0 aliphatic carbocycles. The molecule has 0 bridgehead atoms. The van der Waals surface area contributed by atoms with Crippen molar-refractivity contribution in [1.82, 2.24) is 5.32 Å². The fraction of sp³-hybridized carbons (Fsp3) is 0.600. The summed E-state index contributed by atoms with van der Waals surface area (Å²) in [5.74, 6) is 0. The van der Waals surface area contributed by atoms with E-state index in [1.54, 1.807) is 0 Å². The van der Waals surface area contributed by atoms with Crippen LogP contribution in [-0.4, -0.2) is 13.1 Å². The summed E-state index contributed by atoms with van der Waals surface area (Å²) in [6, 6.07) is 5.96. The van der Waals surface area contributed by atoms with Crippen LogP contribution in [0.15, 0.2) is 18.2 Å². The van der Waals surface area contributed by atoms with Crippen molar-refractivity contribution in [1.29, 1.82) is 0 Å². The van der Waals surface area contributed by atoms with Crippen molar-refractivity contribution in [2.75, 3.05) is 13.1 Å². The van der Waals surface area contributed by atoms with Gasteiger partial charge in [-0.05, 0) is 42.5 Å². The molecule has 1 unspecified atom stereocenters. The lowest BCUT2D eigenvalue weighted by Crippen LogP contribution is -2.33. The molecule has 0 saturated heterocycles. The molecule has 0 aromatic heterocycles. The van der Waals surface area contributed by atoms with Gasteiger partial charge >= 0.3 is 0 Å². The monoisotopic (exact) mass is 287 g/mol. The molecule has 0 amide bonds. The van der Waals surface area contributed by atoms with Crippen molar-refractivity contribution in [2.24, 2.45) is 5.41 Å². The molecule has 0 fully saturated rings. The maximum absolute atomic E-state index is 6.08. The van der Waals surface area contributed by atoms with Crippen LogP contribution in [0.4, 0.5) is 0 Å². The van der Waals surface area contributed by atoms with E-state index in [4.69, 9.17) is 23.2 Å². The Labute approximate surface area is 121 Å². The Bertz CT molecular complexity index is 379. The van der Waals surface area contributed by atoms with Crippen LogP contribution < -0.4 is 5.32 Å². The van der Waals surface area contributed by atoms with Gasteiger partial charge in [0, 0.05) is 6.54 Å². The fourth-order valence-corrected chi connectivity index (χ4v) is 2.73. The Balaban J connectivity index is 2.78. The Morgan fingerprint density at radius 3 is 2.44 bits per heavy atom. The van der Waals surface area contributed by atoms with Crippen LogP contribution in [0.5, 0.6) is 0 Å². The van der Waals surface area contributed by atoms with E-state index in [9.17, 15) is 0 Å². The zero-order valence-corrected chi connectivity index (χ0v) is 13.0. The van der Waals surface area contributed by atoms with E-state index in [0.717, 1.165) is 19.5 Å². The molecular weight excluding hydrogens is 265 g/mol. The minimum Gasteiger partial charge on any atom is -0.316 e. The van der Waals surface area contributed by atoms with E-state index in [0.29, 0.717) is 10.0 Å². The molecule has 0 aliphatic heterocycles. The van der Waals surface area contributed by atoms with E-state index in [1.807, 2.05) is 12.1 Å². The van der Waals surface area contributed by atoms with Gasteiger partial charge in [-0.2, -0.15) is 0 Å². The Morgan fingerprint density at radius 1 is 1.17 bits per heavy atom. The fourth-order valence-electron chi connectivity index (χ4n) is 2.41. The van der Waals surface area contributed by atoms with E-state index in [1.165, 1.54) is 18.4 Å². The summed E-state index contributed by atoms with van der Waals surface area (Å²) in [6.45, 7) is 8.77. The van der Waals surface area contributed by atoms with Gasteiger partial charge in [-0.3, -0.25) is 0 Å². The molecule has 0 saturated carbocycles. The summed E-state index contributed by atoms with van der Waals surface area (Å²) < 4.78 is 0. The van der Waals surface area contributed by atoms with Gasteiger partial charge in [-0.1, -0.05) is 56.5 Å². The Kier molecular flexibility index (Phi) is 6.48. The van der Waals surface area contributed by atoms with Gasteiger partial charge in [0.05, 0.1) is 10.0 Å². The van der Waals surface area contributed by atoms with Crippen molar-refractivity contribution in [3.05, 3.63) is 33.8 Å². The van der Waals surface area contributed by atoms with Crippen LogP contribution in [-0.2, 0) is 6.42 Å². The second-order valence-corrected chi connectivity index (χ2v) is 6.08. The number of rotatable bonds is 7. The third-order valence-electron chi connectivity index (χ3n) is 3.27. The first kappa shape index (κ1) is 15.8. The van der Waals surface area contributed by atoms with E-state index >= 15 is 0 Å². The highest BCUT2D eigenvalue weighted by atomic mass is 35.5. The van der Waals surface area contributed by atoms with E-state index < -0.39 is 0 Å². The quantitative estimate of drug-likeness (QED) is 0.748. The van der Waals surface area contributed by atoms with Crippen molar-refractivity contribution in [2.45, 2.75) is 40.0 Å². The molecule has 1 aromatic carbocycles. The summed E-state index contributed by atoms with van der Waals surface area (Å²) in [5, 5.41) is 4.74. The van der Waals surface area contributed by atoms with E-state index in [2.05, 4.69) is 32.2 Å². The van der Waals surface area contributed by atoms with Gasteiger partial charge in [0.25, 0.3) is 0 Å². The number of benzene rings is 1. The first-order valence-corrected chi connectivity index (χ1v) is 7.41. The molecular formula is C15H23Cl2N. The van der Waals surface area contributed by atoms with E-state index in [-0.39, 0.29) is 5.41 Å². The van der Waals surface area contributed by atoms with Gasteiger partial charge < -0.3 is 5.32 Å². The number of hydrogen-bond donors (Lipinski definition) is 1. The molecule has 0 spiro atoms. The molecule has 3 heteroatoms. The van der Waals surface area contributed by atoms with Crippen molar-refractivity contribution in [3.63, 3.8) is 0 Å².